The Kier molecular flexibility index (Phi) is 12.5. The average Bonchev–Trinajstić information content (AvgIpc) is 3.46. The van der Waals surface area contributed by atoms with Gasteiger partial charge in [-0.15, -0.1) is 0 Å². The van der Waals surface area contributed by atoms with E-state index in [1.54, 1.807) is 48.5 Å². The third-order valence-corrected chi connectivity index (χ3v) is 9.47. The number of aliphatic hydroxyl groups excluding tert-OH is 1. The van der Waals surface area contributed by atoms with E-state index in [9.17, 15) is 9.67 Å². The molecule has 1 aliphatic rings. The van der Waals surface area contributed by atoms with Crippen molar-refractivity contribution >= 4 is 7.82 Å². The molecule has 260 valence electrons. The molecule has 0 amide bonds. The maximum Gasteiger partial charge on any atom is 0.587 e. The molecule has 0 unspecified atom stereocenters. The fourth-order valence-corrected chi connectivity index (χ4v) is 6.99. The number of hydrogen-bond donors (Lipinski definition) is 1. The molecule has 9 nitrogen and oxygen atoms in total. The van der Waals surface area contributed by atoms with Crippen LogP contribution >= 0.6 is 7.82 Å². The van der Waals surface area contributed by atoms with Crippen LogP contribution in [0.1, 0.15) is 16.7 Å². The molecule has 5 aromatic rings. The lowest BCUT2D eigenvalue weighted by molar-refractivity contribution is -0.168. The number of ether oxygens (including phenoxy) is 4. The molecule has 1 fully saturated rings. The van der Waals surface area contributed by atoms with E-state index in [2.05, 4.69) is 0 Å². The van der Waals surface area contributed by atoms with Crippen molar-refractivity contribution in [2.45, 2.75) is 43.7 Å². The first-order chi connectivity index (χ1) is 24.5. The van der Waals surface area contributed by atoms with Crippen molar-refractivity contribution in [1.82, 2.24) is 0 Å². The molecule has 5 aromatic carbocycles. The summed E-state index contributed by atoms with van der Waals surface area (Å²) in [5.41, 5.74) is 1.39. The highest BCUT2D eigenvalue weighted by Crippen LogP contribution is 2.51. The Balaban J connectivity index is 1.33. The van der Waals surface area contributed by atoms with Gasteiger partial charge in [0.25, 0.3) is 0 Å². The van der Waals surface area contributed by atoms with Gasteiger partial charge >= 0.3 is 7.82 Å². The van der Waals surface area contributed by atoms with Crippen LogP contribution in [0.15, 0.2) is 152 Å². The van der Waals surface area contributed by atoms with Gasteiger partial charge in [0, 0.05) is 0 Å². The summed E-state index contributed by atoms with van der Waals surface area (Å²) in [6, 6.07) is 46.5. The van der Waals surface area contributed by atoms with E-state index in [4.69, 9.17) is 32.5 Å². The zero-order valence-corrected chi connectivity index (χ0v) is 28.5. The predicted molar refractivity (Wildman–Crippen MR) is 189 cm³/mol. The van der Waals surface area contributed by atoms with Crippen LogP contribution in [0, 0.1) is 0 Å². The number of benzene rings is 5. The van der Waals surface area contributed by atoms with Crippen molar-refractivity contribution in [2.75, 3.05) is 19.8 Å². The standard InChI is InChI=1S/C40H41O9P/c41-26-37-38(44-28-33-18-8-2-9-19-33)39(45-29-34-20-10-3-11-21-34)40(47-37,30-43-27-32-16-6-1-7-17-32)31-46-50(42,48-35-22-12-4-13-23-35)49-36-24-14-5-15-25-36/h1-25,37-39,41H,26-31H2/t37-,38-,39+,40-/m1/s1. The van der Waals surface area contributed by atoms with E-state index >= 15 is 0 Å². The quantitative estimate of drug-likeness (QED) is 0.0921. The highest BCUT2D eigenvalue weighted by molar-refractivity contribution is 7.49. The molecular weight excluding hydrogens is 655 g/mol. The van der Waals surface area contributed by atoms with Gasteiger partial charge in [-0.2, -0.15) is 0 Å². The molecule has 0 aromatic heterocycles. The molecule has 0 radical (unpaired) electrons. The topological polar surface area (TPSA) is 102 Å². The van der Waals surface area contributed by atoms with Gasteiger partial charge in [-0.05, 0) is 41.0 Å². The number of phosphoric ester groups is 1. The highest BCUT2D eigenvalue weighted by Gasteiger charge is 2.58. The molecule has 0 spiro atoms. The lowest BCUT2D eigenvalue weighted by atomic mass is 9.95. The Hall–Kier alpha value is -4.31. The summed E-state index contributed by atoms with van der Waals surface area (Å²) in [7, 11) is -4.36. The van der Waals surface area contributed by atoms with E-state index in [0.717, 1.165) is 16.7 Å². The minimum Gasteiger partial charge on any atom is -0.395 e. The molecule has 50 heavy (non-hydrogen) atoms. The van der Waals surface area contributed by atoms with Crippen molar-refractivity contribution in [3.63, 3.8) is 0 Å². The SMILES string of the molecule is O=P(OC[C@@]1(COCc2ccccc2)O[C@H](CO)[C@@H](OCc2ccccc2)[C@@H]1OCc1ccccc1)(Oc1ccccc1)Oc1ccccc1. The largest absolute Gasteiger partial charge is 0.587 e. The van der Waals surface area contributed by atoms with Gasteiger partial charge in [-0.25, -0.2) is 4.57 Å². The Morgan fingerprint density at radius 1 is 0.580 bits per heavy atom. The molecule has 10 heteroatoms. The van der Waals surface area contributed by atoms with Gasteiger partial charge in [0.05, 0.1) is 39.6 Å². The number of rotatable bonds is 18. The molecule has 1 saturated heterocycles. The number of phosphoric acid groups is 1. The first-order valence-electron chi connectivity index (χ1n) is 16.5. The Bertz CT molecular complexity index is 1700. The van der Waals surface area contributed by atoms with Gasteiger partial charge < -0.3 is 33.1 Å². The molecule has 0 saturated carbocycles. The smallest absolute Gasteiger partial charge is 0.395 e. The molecule has 6 rings (SSSR count). The van der Waals surface area contributed by atoms with Crippen LogP contribution in [0.2, 0.25) is 0 Å². The van der Waals surface area contributed by atoms with Crippen molar-refractivity contribution in [2.24, 2.45) is 0 Å². The van der Waals surface area contributed by atoms with Crippen LogP contribution < -0.4 is 9.05 Å². The molecule has 1 N–H and O–H groups in total. The Morgan fingerprint density at radius 3 is 1.50 bits per heavy atom. The molecule has 1 heterocycles. The third kappa shape index (κ3) is 9.68. The van der Waals surface area contributed by atoms with Gasteiger partial charge in [0.2, 0.25) is 0 Å². The van der Waals surface area contributed by atoms with Crippen molar-refractivity contribution in [1.29, 1.82) is 0 Å². The van der Waals surface area contributed by atoms with E-state index < -0.39 is 31.7 Å². The van der Waals surface area contributed by atoms with Crippen LogP contribution in [0.5, 0.6) is 11.5 Å². The third-order valence-electron chi connectivity index (χ3n) is 8.15. The molecular formula is C40H41O9P. The van der Waals surface area contributed by atoms with Crippen LogP contribution in [0.3, 0.4) is 0 Å². The Labute approximate surface area is 292 Å². The van der Waals surface area contributed by atoms with Gasteiger partial charge in [0.15, 0.2) is 0 Å². The summed E-state index contributed by atoms with van der Waals surface area (Å²) in [6.07, 6.45) is -2.42. The monoisotopic (exact) mass is 696 g/mol. The Morgan fingerprint density at radius 2 is 1.02 bits per heavy atom. The highest BCUT2D eigenvalue weighted by atomic mass is 31.2. The minimum absolute atomic E-state index is 0.0558. The summed E-state index contributed by atoms with van der Waals surface area (Å²) in [4.78, 5) is 0. The van der Waals surface area contributed by atoms with Crippen LogP contribution in [0.4, 0.5) is 0 Å². The molecule has 0 aliphatic carbocycles. The van der Waals surface area contributed by atoms with Crippen molar-refractivity contribution < 1.29 is 42.2 Å². The first-order valence-corrected chi connectivity index (χ1v) is 18.0. The first kappa shape index (κ1) is 35.5. The van der Waals surface area contributed by atoms with Crippen LogP contribution in [-0.2, 0) is 47.9 Å². The van der Waals surface area contributed by atoms with Gasteiger partial charge in [0.1, 0.15) is 35.4 Å². The maximum atomic E-state index is 14.5. The second-order valence-electron chi connectivity index (χ2n) is 11.9. The summed E-state index contributed by atoms with van der Waals surface area (Å²) in [6.45, 7) is -0.0682. The summed E-state index contributed by atoms with van der Waals surface area (Å²) in [5, 5.41) is 10.6. The van der Waals surface area contributed by atoms with E-state index in [-0.39, 0.29) is 39.6 Å². The minimum atomic E-state index is -4.36. The number of hydrogen-bond acceptors (Lipinski definition) is 9. The number of aliphatic hydroxyl groups is 1. The maximum absolute atomic E-state index is 14.5. The van der Waals surface area contributed by atoms with Gasteiger partial charge in [-0.3, -0.25) is 4.52 Å². The fourth-order valence-electron chi connectivity index (χ4n) is 5.71. The summed E-state index contributed by atoms with van der Waals surface area (Å²) in [5.74, 6) is 0.588. The normalized spacial score (nSPS) is 20.4. The second kappa shape index (κ2) is 17.6. The summed E-state index contributed by atoms with van der Waals surface area (Å²) >= 11 is 0. The molecule has 4 atom stereocenters. The zero-order valence-electron chi connectivity index (χ0n) is 27.6. The van der Waals surface area contributed by atoms with E-state index in [0.29, 0.717) is 11.5 Å². The van der Waals surface area contributed by atoms with E-state index in [1.807, 2.05) is 103 Å². The fraction of sp³-hybridized carbons (Fsp3) is 0.250. The van der Waals surface area contributed by atoms with Gasteiger partial charge in [-0.1, -0.05) is 127 Å². The molecule has 1 aliphatic heterocycles. The lowest BCUT2D eigenvalue weighted by Gasteiger charge is -2.35. The zero-order chi connectivity index (χ0) is 34.5. The van der Waals surface area contributed by atoms with Crippen LogP contribution in [0.25, 0.3) is 0 Å². The van der Waals surface area contributed by atoms with Crippen molar-refractivity contribution in [3.05, 3.63) is 168 Å². The lowest BCUT2D eigenvalue weighted by Crippen LogP contribution is -2.52. The average molecular weight is 697 g/mol. The van der Waals surface area contributed by atoms with Crippen molar-refractivity contribution in [3.8, 4) is 11.5 Å². The predicted octanol–water partition coefficient (Wildman–Crippen LogP) is 7.79. The van der Waals surface area contributed by atoms with Crippen LogP contribution in [-0.4, -0.2) is 48.8 Å². The molecule has 0 bridgehead atoms. The van der Waals surface area contributed by atoms with E-state index in [1.165, 1.54) is 0 Å². The second-order valence-corrected chi connectivity index (χ2v) is 13.4. The summed E-state index contributed by atoms with van der Waals surface area (Å²) < 4.78 is 58.6. The number of para-hydroxylation sites is 2.